The number of nitrogens with zero attached hydrogens (tertiary/aromatic N) is 3. The van der Waals surface area contributed by atoms with E-state index >= 15 is 0 Å². The number of likely N-dealkylation sites (N-methyl/N-ethyl adjacent to an activating group) is 1. The number of hydrogen-bond acceptors (Lipinski definition) is 3. The summed E-state index contributed by atoms with van der Waals surface area (Å²) in [5.41, 5.74) is 4.87. The van der Waals surface area contributed by atoms with Crippen molar-refractivity contribution in [3.8, 4) is 0 Å². The van der Waals surface area contributed by atoms with E-state index < -0.39 is 0 Å². The highest BCUT2D eigenvalue weighted by Crippen LogP contribution is 2.24. The summed E-state index contributed by atoms with van der Waals surface area (Å²) < 4.78 is 0. The molecule has 0 bridgehead atoms. The van der Waals surface area contributed by atoms with Crippen LogP contribution in [-0.4, -0.2) is 33.4 Å². The van der Waals surface area contributed by atoms with Gasteiger partial charge in [0.25, 0.3) is 0 Å². The summed E-state index contributed by atoms with van der Waals surface area (Å²) in [5.74, 6) is 0.850. The van der Waals surface area contributed by atoms with Crippen LogP contribution in [0.25, 0.3) is 11.0 Å². The normalized spacial score (nSPS) is 16.9. The molecule has 1 aliphatic rings. The van der Waals surface area contributed by atoms with Crippen molar-refractivity contribution in [3.05, 3.63) is 23.3 Å². The lowest BCUT2D eigenvalue weighted by Crippen LogP contribution is -2.26. The van der Waals surface area contributed by atoms with Crippen molar-refractivity contribution < 1.29 is 0 Å². The first kappa shape index (κ1) is 8.85. The van der Waals surface area contributed by atoms with E-state index in [1.165, 1.54) is 11.3 Å². The monoisotopic (exact) mass is 202 g/mol. The van der Waals surface area contributed by atoms with Gasteiger partial charge in [-0.05, 0) is 20.4 Å². The molecule has 3 rings (SSSR count). The fourth-order valence-electron chi connectivity index (χ4n) is 2.23. The van der Waals surface area contributed by atoms with E-state index in [-0.39, 0.29) is 0 Å². The summed E-state index contributed by atoms with van der Waals surface area (Å²) in [4.78, 5) is 14.5. The van der Waals surface area contributed by atoms with Gasteiger partial charge in [-0.1, -0.05) is 0 Å². The number of aryl methyl sites for hydroxylation is 1. The second-order valence-electron chi connectivity index (χ2n) is 4.25. The number of fused-ring (bicyclic) bond motifs is 3. The molecule has 1 aliphatic heterocycles. The summed E-state index contributed by atoms with van der Waals surface area (Å²) in [6.07, 6.45) is 2.97. The van der Waals surface area contributed by atoms with E-state index in [0.29, 0.717) is 0 Å². The van der Waals surface area contributed by atoms with Crippen molar-refractivity contribution >= 4 is 11.0 Å². The molecule has 0 saturated heterocycles. The van der Waals surface area contributed by atoms with E-state index in [2.05, 4.69) is 26.9 Å². The molecule has 0 unspecified atom stereocenters. The van der Waals surface area contributed by atoms with Gasteiger partial charge in [0.15, 0.2) is 0 Å². The molecule has 3 heterocycles. The molecule has 2 aromatic heterocycles. The van der Waals surface area contributed by atoms with Crippen molar-refractivity contribution in [2.75, 3.05) is 13.6 Å². The SMILES string of the molecule is Cc1ncc2[nH]c3c(c2n1)CCN(C)C3. The van der Waals surface area contributed by atoms with Crippen LogP contribution in [0.2, 0.25) is 0 Å². The minimum Gasteiger partial charge on any atom is -0.355 e. The van der Waals surface area contributed by atoms with Crippen LogP contribution < -0.4 is 0 Å². The Morgan fingerprint density at radius 3 is 3.20 bits per heavy atom. The minimum atomic E-state index is 0.850. The van der Waals surface area contributed by atoms with Crippen molar-refractivity contribution in [1.82, 2.24) is 19.9 Å². The lowest BCUT2D eigenvalue weighted by atomic mass is 10.1. The predicted molar refractivity (Wildman–Crippen MR) is 58.7 cm³/mol. The Hall–Kier alpha value is -1.42. The van der Waals surface area contributed by atoms with E-state index in [1.54, 1.807) is 0 Å². The predicted octanol–water partition coefficient (Wildman–Crippen LogP) is 1.25. The fourth-order valence-corrected chi connectivity index (χ4v) is 2.23. The van der Waals surface area contributed by atoms with Crippen molar-refractivity contribution in [2.45, 2.75) is 19.9 Å². The standard InChI is InChI=1S/C11H14N4/c1-7-12-5-9-11(13-7)8-3-4-15(2)6-10(8)14-9/h5,14H,3-4,6H2,1-2H3. The van der Waals surface area contributed by atoms with Crippen LogP contribution in [0.3, 0.4) is 0 Å². The van der Waals surface area contributed by atoms with Gasteiger partial charge in [0.05, 0.1) is 17.2 Å². The first-order valence-corrected chi connectivity index (χ1v) is 5.25. The van der Waals surface area contributed by atoms with Crippen LogP contribution in [0, 0.1) is 6.92 Å². The lowest BCUT2D eigenvalue weighted by molar-refractivity contribution is 0.310. The van der Waals surface area contributed by atoms with Gasteiger partial charge < -0.3 is 9.88 Å². The summed E-state index contributed by atoms with van der Waals surface area (Å²) >= 11 is 0. The Morgan fingerprint density at radius 1 is 1.47 bits per heavy atom. The van der Waals surface area contributed by atoms with Gasteiger partial charge in [0.1, 0.15) is 5.82 Å². The first-order valence-electron chi connectivity index (χ1n) is 5.25. The average Bonchev–Trinajstić information content (AvgIpc) is 2.54. The second-order valence-corrected chi connectivity index (χ2v) is 4.25. The van der Waals surface area contributed by atoms with Gasteiger partial charge in [-0.15, -0.1) is 0 Å². The molecule has 0 fully saturated rings. The van der Waals surface area contributed by atoms with Crippen LogP contribution in [0.15, 0.2) is 6.20 Å². The zero-order chi connectivity index (χ0) is 10.4. The van der Waals surface area contributed by atoms with E-state index in [0.717, 1.165) is 36.4 Å². The zero-order valence-corrected chi connectivity index (χ0v) is 9.04. The molecule has 0 saturated carbocycles. The number of nitrogens with one attached hydrogen (secondary N) is 1. The molecule has 0 amide bonds. The molecule has 15 heavy (non-hydrogen) atoms. The molecule has 0 atom stereocenters. The zero-order valence-electron chi connectivity index (χ0n) is 9.04. The molecule has 0 radical (unpaired) electrons. The van der Waals surface area contributed by atoms with Crippen LogP contribution in [0.5, 0.6) is 0 Å². The molecular weight excluding hydrogens is 188 g/mol. The van der Waals surface area contributed by atoms with Crippen molar-refractivity contribution in [2.24, 2.45) is 0 Å². The highest BCUT2D eigenvalue weighted by molar-refractivity contribution is 5.80. The summed E-state index contributed by atoms with van der Waals surface area (Å²) in [6.45, 7) is 4.04. The quantitative estimate of drug-likeness (QED) is 0.699. The molecule has 0 aliphatic carbocycles. The molecule has 0 aromatic carbocycles. The third-order valence-electron chi connectivity index (χ3n) is 3.02. The maximum absolute atomic E-state index is 4.51. The van der Waals surface area contributed by atoms with Crippen LogP contribution in [0.4, 0.5) is 0 Å². The Balaban J connectivity index is 2.24. The maximum atomic E-state index is 4.51. The van der Waals surface area contributed by atoms with Crippen LogP contribution >= 0.6 is 0 Å². The van der Waals surface area contributed by atoms with Gasteiger partial charge in [-0.3, -0.25) is 0 Å². The minimum absolute atomic E-state index is 0.850. The Labute approximate surface area is 88.3 Å². The fraction of sp³-hybridized carbons (Fsp3) is 0.455. The summed E-state index contributed by atoms with van der Waals surface area (Å²) in [5, 5.41) is 0. The largest absolute Gasteiger partial charge is 0.355 e. The maximum Gasteiger partial charge on any atom is 0.126 e. The van der Waals surface area contributed by atoms with E-state index in [9.17, 15) is 0 Å². The van der Waals surface area contributed by atoms with Gasteiger partial charge in [-0.2, -0.15) is 0 Å². The number of hydrogen-bond donors (Lipinski definition) is 1. The lowest BCUT2D eigenvalue weighted by Gasteiger charge is -2.21. The molecule has 4 heteroatoms. The molecule has 78 valence electrons. The van der Waals surface area contributed by atoms with E-state index in [4.69, 9.17) is 0 Å². The third-order valence-corrected chi connectivity index (χ3v) is 3.02. The Bertz CT molecular complexity index is 515. The molecule has 0 spiro atoms. The number of aromatic nitrogens is 3. The average molecular weight is 202 g/mol. The first-order chi connectivity index (χ1) is 7.24. The number of H-pyrrole nitrogens is 1. The number of aromatic amines is 1. The highest BCUT2D eigenvalue weighted by Gasteiger charge is 2.19. The van der Waals surface area contributed by atoms with Gasteiger partial charge in [-0.25, -0.2) is 9.97 Å². The van der Waals surface area contributed by atoms with Gasteiger partial charge >= 0.3 is 0 Å². The van der Waals surface area contributed by atoms with Gasteiger partial charge in [0.2, 0.25) is 0 Å². The molecule has 1 N–H and O–H groups in total. The highest BCUT2D eigenvalue weighted by atomic mass is 15.1. The third kappa shape index (κ3) is 1.33. The van der Waals surface area contributed by atoms with E-state index in [1.807, 2.05) is 13.1 Å². The van der Waals surface area contributed by atoms with Crippen LogP contribution in [0.1, 0.15) is 17.1 Å². The smallest absolute Gasteiger partial charge is 0.126 e. The Morgan fingerprint density at radius 2 is 2.33 bits per heavy atom. The number of rotatable bonds is 0. The molecular formula is C11H14N4. The second kappa shape index (κ2) is 3.03. The summed E-state index contributed by atoms with van der Waals surface area (Å²) in [7, 11) is 2.14. The van der Waals surface area contributed by atoms with Crippen LogP contribution in [-0.2, 0) is 13.0 Å². The van der Waals surface area contributed by atoms with Crippen molar-refractivity contribution in [1.29, 1.82) is 0 Å². The molecule has 4 nitrogen and oxygen atoms in total. The van der Waals surface area contributed by atoms with Gasteiger partial charge in [0, 0.05) is 24.3 Å². The Kier molecular flexibility index (Phi) is 1.79. The molecule has 2 aromatic rings. The summed E-state index contributed by atoms with van der Waals surface area (Å²) in [6, 6.07) is 0. The topological polar surface area (TPSA) is 44.8 Å². The van der Waals surface area contributed by atoms with Crippen molar-refractivity contribution in [3.63, 3.8) is 0 Å².